The summed E-state index contributed by atoms with van der Waals surface area (Å²) in [6.45, 7) is 1.83. The maximum Gasteiger partial charge on any atom is 0.191 e. The average Bonchev–Trinajstić information content (AvgIpc) is 3.09. The second kappa shape index (κ2) is 8.60. The van der Waals surface area contributed by atoms with Crippen LogP contribution in [0.3, 0.4) is 0 Å². The molecule has 0 bridgehead atoms. The van der Waals surface area contributed by atoms with Crippen molar-refractivity contribution in [2.24, 2.45) is 4.99 Å². The van der Waals surface area contributed by atoms with E-state index in [1.807, 2.05) is 18.2 Å². The molecule has 0 amide bonds. The van der Waals surface area contributed by atoms with Crippen LogP contribution in [0.4, 0.5) is 14.5 Å². The first-order valence-electron chi connectivity index (χ1n) is 8.73. The third-order valence-corrected chi connectivity index (χ3v) is 4.41. The molecule has 1 fully saturated rings. The topological polar surface area (TPSA) is 52.6 Å². The summed E-state index contributed by atoms with van der Waals surface area (Å²) in [5.74, 6) is -0.367. The van der Waals surface area contributed by atoms with Gasteiger partial charge in [0.05, 0.1) is 0 Å². The van der Waals surface area contributed by atoms with E-state index in [9.17, 15) is 8.78 Å². The maximum atomic E-state index is 13.9. The molecule has 1 aliphatic rings. The normalized spacial score (nSPS) is 17.4. The molecule has 2 aromatic rings. The largest absolute Gasteiger partial charge is 0.365 e. The summed E-state index contributed by atoms with van der Waals surface area (Å²) in [7, 11) is 1.71. The van der Waals surface area contributed by atoms with Crippen LogP contribution in [0.5, 0.6) is 0 Å². The molecule has 3 rings (SSSR count). The average molecular weight is 359 g/mol. The van der Waals surface area contributed by atoms with E-state index in [4.69, 9.17) is 0 Å². The molecule has 5 nitrogen and oxygen atoms in total. The Labute approximate surface area is 152 Å². The number of hydrogen-bond acceptors (Lipinski definition) is 3. The van der Waals surface area contributed by atoms with Gasteiger partial charge in [-0.25, -0.2) is 8.78 Å². The molecule has 1 saturated heterocycles. The Morgan fingerprint density at radius 3 is 2.73 bits per heavy atom. The fourth-order valence-corrected chi connectivity index (χ4v) is 3.12. The van der Waals surface area contributed by atoms with Crippen LogP contribution in [-0.4, -0.2) is 43.7 Å². The third kappa shape index (κ3) is 4.47. The molecule has 26 heavy (non-hydrogen) atoms. The van der Waals surface area contributed by atoms with Gasteiger partial charge < -0.3 is 15.5 Å². The van der Waals surface area contributed by atoms with Crippen molar-refractivity contribution in [2.45, 2.75) is 18.9 Å². The Balaban J connectivity index is 1.50. The van der Waals surface area contributed by atoms with Crippen LogP contribution in [0, 0.1) is 11.6 Å². The highest BCUT2D eigenvalue weighted by Crippen LogP contribution is 2.26. The SMILES string of the molecule is CN=C(NCCc1ccccn1)NC1CCN(c2c(F)cccc2F)C1. The minimum Gasteiger partial charge on any atom is -0.365 e. The molecule has 138 valence electrons. The lowest BCUT2D eigenvalue weighted by Crippen LogP contribution is -2.45. The number of aliphatic imine (C=N–C) groups is 1. The molecule has 1 unspecified atom stereocenters. The number of para-hydroxylation sites is 1. The minimum absolute atomic E-state index is 0.0508. The highest BCUT2D eigenvalue weighted by atomic mass is 19.1. The van der Waals surface area contributed by atoms with Crippen LogP contribution in [0.25, 0.3) is 0 Å². The molecule has 1 aliphatic heterocycles. The third-order valence-electron chi connectivity index (χ3n) is 4.41. The Morgan fingerprint density at radius 2 is 2.04 bits per heavy atom. The van der Waals surface area contributed by atoms with Crippen LogP contribution >= 0.6 is 0 Å². The summed E-state index contributed by atoms with van der Waals surface area (Å²) in [5, 5.41) is 6.58. The van der Waals surface area contributed by atoms with E-state index in [1.165, 1.54) is 18.2 Å². The Morgan fingerprint density at radius 1 is 1.23 bits per heavy atom. The van der Waals surface area contributed by atoms with E-state index >= 15 is 0 Å². The molecule has 0 saturated carbocycles. The zero-order valence-corrected chi connectivity index (χ0v) is 14.8. The van der Waals surface area contributed by atoms with Crippen molar-refractivity contribution in [1.82, 2.24) is 15.6 Å². The van der Waals surface area contributed by atoms with Crippen LogP contribution in [0.15, 0.2) is 47.6 Å². The van der Waals surface area contributed by atoms with E-state index < -0.39 is 11.6 Å². The first-order valence-corrected chi connectivity index (χ1v) is 8.73. The number of guanidine groups is 1. The first kappa shape index (κ1) is 18.1. The predicted molar refractivity (Wildman–Crippen MR) is 99.4 cm³/mol. The number of aromatic nitrogens is 1. The molecule has 0 spiro atoms. The number of rotatable bonds is 5. The smallest absolute Gasteiger partial charge is 0.191 e. The molecule has 0 radical (unpaired) electrons. The van der Waals surface area contributed by atoms with Gasteiger partial charge in [-0.2, -0.15) is 0 Å². The maximum absolute atomic E-state index is 13.9. The van der Waals surface area contributed by atoms with Crippen LogP contribution in [0.1, 0.15) is 12.1 Å². The van der Waals surface area contributed by atoms with E-state index in [0.717, 1.165) is 18.5 Å². The van der Waals surface area contributed by atoms with Gasteiger partial charge in [0.25, 0.3) is 0 Å². The molecule has 0 aliphatic carbocycles. The summed E-state index contributed by atoms with van der Waals surface area (Å²) < 4.78 is 27.9. The molecular weight excluding hydrogens is 336 g/mol. The van der Waals surface area contributed by atoms with Gasteiger partial charge in [-0.3, -0.25) is 9.98 Å². The Kier molecular flexibility index (Phi) is 5.99. The number of nitrogens with zero attached hydrogens (tertiary/aromatic N) is 3. The van der Waals surface area contributed by atoms with Gasteiger partial charge in [-0.05, 0) is 30.7 Å². The van der Waals surface area contributed by atoms with Gasteiger partial charge in [0.2, 0.25) is 0 Å². The Bertz CT molecular complexity index is 731. The summed E-state index contributed by atoms with van der Waals surface area (Å²) in [4.78, 5) is 10.2. The lowest BCUT2D eigenvalue weighted by molar-refractivity contribution is 0.576. The van der Waals surface area contributed by atoms with Crippen molar-refractivity contribution in [3.63, 3.8) is 0 Å². The number of benzene rings is 1. The van der Waals surface area contributed by atoms with Crippen LogP contribution < -0.4 is 15.5 Å². The zero-order chi connectivity index (χ0) is 18.4. The number of pyridine rings is 1. The van der Waals surface area contributed by atoms with Gasteiger partial charge in [-0.15, -0.1) is 0 Å². The highest BCUT2D eigenvalue weighted by molar-refractivity contribution is 5.80. The molecule has 1 atom stereocenters. The molecule has 1 aromatic heterocycles. The molecule has 2 heterocycles. The van der Waals surface area contributed by atoms with E-state index in [0.29, 0.717) is 25.6 Å². The van der Waals surface area contributed by atoms with Crippen molar-refractivity contribution in [3.05, 3.63) is 59.9 Å². The predicted octanol–water partition coefficient (Wildman–Crippen LogP) is 2.35. The van der Waals surface area contributed by atoms with Gasteiger partial charge in [0, 0.05) is 51.0 Å². The zero-order valence-electron chi connectivity index (χ0n) is 14.8. The lowest BCUT2D eigenvalue weighted by Gasteiger charge is -2.21. The monoisotopic (exact) mass is 359 g/mol. The molecular formula is C19H23F2N5. The van der Waals surface area contributed by atoms with E-state index in [1.54, 1.807) is 18.1 Å². The fraction of sp³-hybridized carbons (Fsp3) is 0.368. The minimum atomic E-state index is -0.525. The standard InChI is InChI=1S/C19H23F2N5/c1-22-19(24-11-8-14-5-2-3-10-23-14)25-15-9-12-26(13-15)18-16(20)6-4-7-17(18)21/h2-7,10,15H,8-9,11-13H2,1H3,(H2,22,24,25). The van der Waals surface area contributed by atoms with Gasteiger partial charge in [0.1, 0.15) is 17.3 Å². The lowest BCUT2D eigenvalue weighted by atomic mass is 10.2. The van der Waals surface area contributed by atoms with Crippen molar-refractivity contribution >= 4 is 11.6 Å². The van der Waals surface area contributed by atoms with Crippen molar-refractivity contribution in [3.8, 4) is 0 Å². The van der Waals surface area contributed by atoms with E-state index in [2.05, 4.69) is 20.6 Å². The van der Waals surface area contributed by atoms with Gasteiger partial charge >= 0.3 is 0 Å². The Hall–Kier alpha value is -2.70. The molecule has 7 heteroatoms. The molecule has 1 aromatic carbocycles. The highest BCUT2D eigenvalue weighted by Gasteiger charge is 2.27. The number of hydrogen-bond donors (Lipinski definition) is 2. The number of anilines is 1. The van der Waals surface area contributed by atoms with E-state index in [-0.39, 0.29) is 11.7 Å². The van der Waals surface area contributed by atoms with Crippen LogP contribution in [0.2, 0.25) is 0 Å². The van der Waals surface area contributed by atoms with Gasteiger partial charge in [0.15, 0.2) is 5.96 Å². The number of nitrogens with one attached hydrogen (secondary N) is 2. The van der Waals surface area contributed by atoms with Crippen molar-refractivity contribution < 1.29 is 8.78 Å². The van der Waals surface area contributed by atoms with Crippen molar-refractivity contribution in [2.75, 3.05) is 31.6 Å². The van der Waals surface area contributed by atoms with Crippen molar-refractivity contribution in [1.29, 1.82) is 0 Å². The quantitative estimate of drug-likeness (QED) is 0.636. The second-order valence-electron chi connectivity index (χ2n) is 6.22. The van der Waals surface area contributed by atoms with Crippen LogP contribution in [-0.2, 0) is 6.42 Å². The fourth-order valence-electron chi connectivity index (χ4n) is 3.12. The summed E-state index contributed by atoms with van der Waals surface area (Å²) in [5.41, 5.74) is 1.06. The first-order chi connectivity index (χ1) is 12.7. The van der Waals surface area contributed by atoms with Gasteiger partial charge in [-0.1, -0.05) is 12.1 Å². The summed E-state index contributed by atoms with van der Waals surface area (Å²) in [6, 6.07) is 9.87. The summed E-state index contributed by atoms with van der Waals surface area (Å²) >= 11 is 0. The number of halogens is 2. The molecule has 2 N–H and O–H groups in total. The summed E-state index contributed by atoms with van der Waals surface area (Å²) in [6.07, 6.45) is 3.35. The second-order valence-corrected chi connectivity index (χ2v) is 6.22.